The van der Waals surface area contributed by atoms with Crippen LogP contribution in [0.4, 0.5) is 5.69 Å². The molecule has 5 nitrogen and oxygen atoms in total. The SMILES string of the molecule is CCc1ccc(CNC(=O)c2n[nH]c(C)c2N)cc1. The van der Waals surface area contributed by atoms with Gasteiger partial charge in [-0.3, -0.25) is 9.89 Å². The molecule has 1 aromatic carbocycles. The first-order valence-electron chi connectivity index (χ1n) is 6.28. The Morgan fingerprint density at radius 1 is 1.32 bits per heavy atom. The lowest BCUT2D eigenvalue weighted by atomic mass is 10.1. The van der Waals surface area contributed by atoms with Crippen LogP contribution in [0, 0.1) is 6.92 Å². The van der Waals surface area contributed by atoms with Gasteiger partial charge >= 0.3 is 0 Å². The Labute approximate surface area is 112 Å². The van der Waals surface area contributed by atoms with Crippen molar-refractivity contribution in [2.75, 3.05) is 5.73 Å². The Morgan fingerprint density at radius 2 is 1.95 bits per heavy atom. The first kappa shape index (κ1) is 13.1. The summed E-state index contributed by atoms with van der Waals surface area (Å²) >= 11 is 0. The largest absolute Gasteiger partial charge is 0.395 e. The summed E-state index contributed by atoms with van der Waals surface area (Å²) in [7, 11) is 0. The van der Waals surface area contributed by atoms with E-state index in [1.807, 2.05) is 12.1 Å². The molecule has 0 radical (unpaired) electrons. The Balaban J connectivity index is 1.98. The van der Waals surface area contributed by atoms with E-state index >= 15 is 0 Å². The zero-order valence-electron chi connectivity index (χ0n) is 11.2. The highest BCUT2D eigenvalue weighted by atomic mass is 16.1. The molecule has 2 aromatic rings. The lowest BCUT2D eigenvalue weighted by Gasteiger charge is -2.05. The normalized spacial score (nSPS) is 10.4. The number of amides is 1. The van der Waals surface area contributed by atoms with Crippen LogP contribution in [0.5, 0.6) is 0 Å². The van der Waals surface area contributed by atoms with E-state index in [-0.39, 0.29) is 11.6 Å². The number of carbonyl (C=O) groups excluding carboxylic acids is 1. The molecule has 0 saturated heterocycles. The van der Waals surface area contributed by atoms with Crippen LogP contribution in [0.15, 0.2) is 24.3 Å². The molecule has 2 rings (SSSR count). The van der Waals surface area contributed by atoms with Crippen LogP contribution in [0.25, 0.3) is 0 Å². The molecule has 0 fully saturated rings. The number of anilines is 1. The lowest BCUT2D eigenvalue weighted by Crippen LogP contribution is -2.24. The number of nitrogen functional groups attached to an aromatic ring is 1. The van der Waals surface area contributed by atoms with Gasteiger partial charge in [-0.15, -0.1) is 0 Å². The van der Waals surface area contributed by atoms with Crippen LogP contribution in [0.1, 0.15) is 34.2 Å². The minimum absolute atomic E-state index is 0.252. The van der Waals surface area contributed by atoms with Crippen molar-refractivity contribution in [3.63, 3.8) is 0 Å². The van der Waals surface area contributed by atoms with Crippen LogP contribution < -0.4 is 11.1 Å². The van der Waals surface area contributed by atoms with Gasteiger partial charge in [0, 0.05) is 6.54 Å². The average Bonchev–Trinajstić information content (AvgIpc) is 2.77. The van der Waals surface area contributed by atoms with E-state index in [9.17, 15) is 4.79 Å². The lowest BCUT2D eigenvalue weighted by molar-refractivity contribution is 0.0947. The fourth-order valence-electron chi connectivity index (χ4n) is 1.77. The number of hydrogen-bond donors (Lipinski definition) is 3. The van der Waals surface area contributed by atoms with Crippen molar-refractivity contribution in [1.82, 2.24) is 15.5 Å². The number of nitrogens with one attached hydrogen (secondary N) is 2. The van der Waals surface area contributed by atoms with E-state index in [4.69, 9.17) is 5.73 Å². The average molecular weight is 258 g/mol. The van der Waals surface area contributed by atoms with Crippen molar-refractivity contribution in [1.29, 1.82) is 0 Å². The van der Waals surface area contributed by atoms with Gasteiger partial charge in [-0.25, -0.2) is 0 Å². The highest BCUT2D eigenvalue weighted by Gasteiger charge is 2.14. The molecule has 1 heterocycles. The van der Waals surface area contributed by atoms with Gasteiger partial charge in [-0.1, -0.05) is 31.2 Å². The summed E-state index contributed by atoms with van der Waals surface area (Å²) in [5.41, 5.74) is 9.45. The van der Waals surface area contributed by atoms with Crippen LogP contribution in [0.2, 0.25) is 0 Å². The molecule has 1 amide bonds. The van der Waals surface area contributed by atoms with Crippen LogP contribution in [-0.4, -0.2) is 16.1 Å². The number of benzene rings is 1. The maximum Gasteiger partial charge on any atom is 0.274 e. The quantitative estimate of drug-likeness (QED) is 0.781. The molecule has 19 heavy (non-hydrogen) atoms. The maximum absolute atomic E-state index is 11.9. The Morgan fingerprint density at radius 3 is 2.47 bits per heavy atom. The zero-order valence-corrected chi connectivity index (χ0v) is 11.2. The molecule has 100 valence electrons. The van der Waals surface area contributed by atoms with Crippen LogP contribution in [0.3, 0.4) is 0 Å². The summed E-state index contributed by atoms with van der Waals surface area (Å²) in [6.07, 6.45) is 1.01. The monoisotopic (exact) mass is 258 g/mol. The Bertz CT molecular complexity index is 572. The summed E-state index contributed by atoms with van der Waals surface area (Å²) in [5.74, 6) is -0.263. The molecule has 0 aliphatic carbocycles. The molecule has 0 aliphatic heterocycles. The van der Waals surface area contributed by atoms with Crippen molar-refractivity contribution in [2.24, 2.45) is 0 Å². The second kappa shape index (κ2) is 5.56. The number of nitrogens with zero attached hydrogens (tertiary/aromatic N) is 1. The number of aromatic amines is 1. The summed E-state index contributed by atoms with van der Waals surface area (Å²) in [6, 6.07) is 8.15. The maximum atomic E-state index is 11.9. The fourth-order valence-corrected chi connectivity index (χ4v) is 1.77. The second-order valence-corrected chi connectivity index (χ2v) is 4.46. The van der Waals surface area contributed by atoms with Gasteiger partial charge in [-0.05, 0) is 24.5 Å². The van der Waals surface area contributed by atoms with Gasteiger partial charge in [0.15, 0.2) is 5.69 Å². The van der Waals surface area contributed by atoms with Gasteiger partial charge < -0.3 is 11.1 Å². The van der Waals surface area contributed by atoms with Crippen molar-refractivity contribution in [3.05, 3.63) is 46.8 Å². The number of rotatable bonds is 4. The minimum atomic E-state index is -0.263. The third kappa shape index (κ3) is 2.93. The van der Waals surface area contributed by atoms with Crippen LogP contribution >= 0.6 is 0 Å². The number of H-pyrrole nitrogens is 1. The molecular weight excluding hydrogens is 240 g/mol. The summed E-state index contributed by atoms with van der Waals surface area (Å²) in [4.78, 5) is 11.9. The number of aryl methyl sites for hydroxylation is 2. The smallest absolute Gasteiger partial charge is 0.274 e. The van der Waals surface area contributed by atoms with E-state index < -0.39 is 0 Å². The van der Waals surface area contributed by atoms with E-state index in [1.54, 1.807) is 6.92 Å². The van der Waals surface area contributed by atoms with E-state index in [0.717, 1.165) is 12.0 Å². The standard InChI is InChI=1S/C14H18N4O/c1-3-10-4-6-11(7-5-10)8-16-14(19)13-12(15)9(2)17-18-13/h4-7H,3,8,15H2,1-2H3,(H,16,19)(H,17,18). The number of hydrogen-bond acceptors (Lipinski definition) is 3. The van der Waals surface area contributed by atoms with E-state index in [0.29, 0.717) is 17.9 Å². The molecule has 5 heteroatoms. The molecule has 0 aliphatic rings. The molecule has 4 N–H and O–H groups in total. The first-order valence-corrected chi connectivity index (χ1v) is 6.28. The number of aromatic nitrogens is 2. The molecule has 0 atom stereocenters. The molecule has 0 spiro atoms. The van der Waals surface area contributed by atoms with Crippen molar-refractivity contribution in [2.45, 2.75) is 26.8 Å². The first-order chi connectivity index (χ1) is 9.11. The predicted octanol–water partition coefficient (Wildman–Crippen LogP) is 1.79. The predicted molar refractivity (Wildman–Crippen MR) is 74.7 cm³/mol. The van der Waals surface area contributed by atoms with E-state index in [2.05, 4.69) is 34.6 Å². The Kier molecular flexibility index (Phi) is 3.85. The molecule has 0 saturated carbocycles. The zero-order chi connectivity index (χ0) is 13.8. The molecule has 0 bridgehead atoms. The van der Waals surface area contributed by atoms with Gasteiger partial charge in [0.25, 0.3) is 5.91 Å². The van der Waals surface area contributed by atoms with E-state index in [1.165, 1.54) is 5.56 Å². The summed E-state index contributed by atoms with van der Waals surface area (Å²) < 4.78 is 0. The number of nitrogens with two attached hydrogens (primary N) is 1. The van der Waals surface area contributed by atoms with Gasteiger partial charge in [0.05, 0.1) is 11.4 Å². The van der Waals surface area contributed by atoms with Crippen LogP contribution in [-0.2, 0) is 13.0 Å². The summed E-state index contributed by atoms with van der Waals surface area (Å²) in [6.45, 7) is 4.36. The second-order valence-electron chi connectivity index (χ2n) is 4.46. The molecular formula is C14H18N4O. The molecule has 1 aromatic heterocycles. The minimum Gasteiger partial charge on any atom is -0.395 e. The highest BCUT2D eigenvalue weighted by Crippen LogP contribution is 2.12. The van der Waals surface area contributed by atoms with Crippen molar-refractivity contribution in [3.8, 4) is 0 Å². The third-order valence-corrected chi connectivity index (χ3v) is 3.09. The van der Waals surface area contributed by atoms with Crippen molar-refractivity contribution >= 4 is 11.6 Å². The van der Waals surface area contributed by atoms with Crippen molar-refractivity contribution < 1.29 is 4.79 Å². The van der Waals surface area contributed by atoms with Gasteiger partial charge in [0.2, 0.25) is 0 Å². The topological polar surface area (TPSA) is 83.8 Å². The van der Waals surface area contributed by atoms with Gasteiger partial charge in [-0.2, -0.15) is 5.10 Å². The fraction of sp³-hybridized carbons (Fsp3) is 0.286. The Hall–Kier alpha value is -2.30. The molecule has 0 unspecified atom stereocenters. The van der Waals surface area contributed by atoms with Gasteiger partial charge in [0.1, 0.15) is 0 Å². The highest BCUT2D eigenvalue weighted by molar-refractivity contribution is 5.97. The third-order valence-electron chi connectivity index (χ3n) is 3.09. The number of carbonyl (C=O) groups is 1. The summed E-state index contributed by atoms with van der Waals surface area (Å²) in [5, 5.41) is 9.39.